The van der Waals surface area contributed by atoms with Crippen molar-refractivity contribution in [2.45, 2.75) is 63.7 Å². The summed E-state index contributed by atoms with van der Waals surface area (Å²) in [6.07, 6.45) is 2.57. The monoisotopic (exact) mass is 530 g/mol. The maximum atomic E-state index is 13.8. The molecule has 1 aromatic carbocycles. The van der Waals surface area contributed by atoms with Crippen molar-refractivity contribution in [3.8, 4) is 0 Å². The van der Waals surface area contributed by atoms with Gasteiger partial charge in [0, 0.05) is 36.6 Å². The van der Waals surface area contributed by atoms with Gasteiger partial charge in [-0.25, -0.2) is 4.98 Å². The fraction of sp³-hybridized carbons (Fsp3) is 0.607. The summed E-state index contributed by atoms with van der Waals surface area (Å²) in [5.41, 5.74) is 0.308. The van der Waals surface area contributed by atoms with E-state index < -0.39 is 11.7 Å². The van der Waals surface area contributed by atoms with Crippen LogP contribution in [-0.4, -0.2) is 64.9 Å². The summed E-state index contributed by atoms with van der Waals surface area (Å²) in [7, 11) is 3.93. The van der Waals surface area contributed by atoms with Crippen molar-refractivity contribution in [1.29, 1.82) is 0 Å². The summed E-state index contributed by atoms with van der Waals surface area (Å²) in [4.78, 5) is 25.3. The maximum absolute atomic E-state index is 13.8. The lowest BCUT2D eigenvalue weighted by atomic mass is 9.62. The van der Waals surface area contributed by atoms with Crippen LogP contribution < -0.4 is 10.6 Å². The van der Waals surface area contributed by atoms with Crippen LogP contribution in [0.15, 0.2) is 30.5 Å². The molecule has 0 radical (unpaired) electrons. The SMILES string of the molecule is CC1C2CCC(CC2)C1Nc1nc(Nc2ccc(C(=O)N(C)C3CCN(C)CC3)cc2)ncc1C(F)(F)F. The van der Waals surface area contributed by atoms with Gasteiger partial charge in [0.15, 0.2) is 0 Å². The summed E-state index contributed by atoms with van der Waals surface area (Å²) in [6.45, 7) is 4.07. The molecule has 2 unspecified atom stereocenters. The van der Waals surface area contributed by atoms with Gasteiger partial charge in [-0.1, -0.05) is 6.92 Å². The number of carbonyl (C=O) groups is 1. The second kappa shape index (κ2) is 10.7. The Bertz CT molecular complexity index is 1120. The highest BCUT2D eigenvalue weighted by atomic mass is 19.4. The first-order valence-corrected chi connectivity index (χ1v) is 13.6. The van der Waals surface area contributed by atoms with Gasteiger partial charge in [0.25, 0.3) is 5.91 Å². The minimum absolute atomic E-state index is 0.0294. The Labute approximate surface area is 222 Å². The van der Waals surface area contributed by atoms with Gasteiger partial charge in [-0.2, -0.15) is 18.2 Å². The van der Waals surface area contributed by atoms with E-state index in [0.717, 1.165) is 57.8 Å². The molecule has 10 heteroatoms. The Balaban J connectivity index is 1.29. The van der Waals surface area contributed by atoms with Gasteiger partial charge in [-0.05, 0) is 101 Å². The fourth-order valence-electron chi connectivity index (χ4n) is 6.50. The van der Waals surface area contributed by atoms with Crippen molar-refractivity contribution in [3.05, 3.63) is 41.6 Å². The maximum Gasteiger partial charge on any atom is 0.421 e. The molecule has 2 aromatic rings. The molecule has 1 saturated heterocycles. The molecule has 6 rings (SSSR count). The molecule has 1 aliphatic heterocycles. The summed E-state index contributed by atoms with van der Waals surface area (Å²) in [5.74, 6) is 1.07. The van der Waals surface area contributed by atoms with Crippen molar-refractivity contribution in [3.63, 3.8) is 0 Å². The predicted molar refractivity (Wildman–Crippen MR) is 141 cm³/mol. The van der Waals surface area contributed by atoms with E-state index in [4.69, 9.17) is 0 Å². The van der Waals surface area contributed by atoms with Crippen LogP contribution in [0.5, 0.6) is 0 Å². The summed E-state index contributed by atoms with van der Waals surface area (Å²) < 4.78 is 41.4. The zero-order valence-electron chi connectivity index (χ0n) is 22.3. The highest BCUT2D eigenvalue weighted by molar-refractivity contribution is 5.94. The minimum atomic E-state index is -4.56. The summed E-state index contributed by atoms with van der Waals surface area (Å²) in [5, 5.41) is 6.18. The average molecular weight is 531 g/mol. The molecule has 4 fully saturated rings. The molecule has 2 bridgehead atoms. The molecule has 0 spiro atoms. The highest BCUT2D eigenvalue weighted by Crippen LogP contribution is 2.46. The van der Waals surface area contributed by atoms with Gasteiger partial charge in [0.2, 0.25) is 5.95 Å². The molecule has 3 saturated carbocycles. The van der Waals surface area contributed by atoms with E-state index in [2.05, 4.69) is 39.5 Å². The van der Waals surface area contributed by atoms with Gasteiger partial charge in [-0.3, -0.25) is 4.79 Å². The third-order valence-corrected chi connectivity index (χ3v) is 8.98. The van der Waals surface area contributed by atoms with E-state index in [1.807, 2.05) is 11.9 Å². The Morgan fingerprint density at radius 1 is 1.03 bits per heavy atom. The molecule has 38 heavy (non-hydrogen) atoms. The van der Waals surface area contributed by atoms with E-state index in [1.165, 1.54) is 0 Å². The molecular weight excluding hydrogens is 493 g/mol. The standard InChI is InChI=1S/C28H37F3N6O/c1-17-18-4-6-19(7-5-18)24(17)34-25-23(28(29,30)31)16-32-27(35-25)33-21-10-8-20(9-11-21)26(38)37(3)22-12-14-36(2)15-13-22/h8-11,16-19,22,24H,4-7,12-15H2,1-3H3,(H2,32,33,34,35). The lowest BCUT2D eigenvalue weighted by Crippen LogP contribution is -2.47. The second-order valence-electron chi connectivity index (χ2n) is 11.3. The Kier molecular flexibility index (Phi) is 7.53. The number of carbonyl (C=O) groups excluding carboxylic acids is 1. The number of alkyl halides is 3. The van der Waals surface area contributed by atoms with Gasteiger partial charge < -0.3 is 20.4 Å². The van der Waals surface area contributed by atoms with Crippen molar-refractivity contribution < 1.29 is 18.0 Å². The summed E-state index contributed by atoms with van der Waals surface area (Å²) in [6, 6.07) is 7.08. The number of fused-ring (bicyclic) bond motifs is 3. The number of rotatable bonds is 6. The zero-order chi connectivity index (χ0) is 27.0. The third kappa shape index (κ3) is 5.60. The third-order valence-electron chi connectivity index (χ3n) is 8.98. The number of amides is 1. The van der Waals surface area contributed by atoms with E-state index >= 15 is 0 Å². The molecule has 3 aliphatic carbocycles. The normalized spacial score (nSPS) is 26.3. The quantitative estimate of drug-likeness (QED) is 0.504. The number of hydrogen-bond acceptors (Lipinski definition) is 6. The molecule has 7 nitrogen and oxygen atoms in total. The van der Waals surface area contributed by atoms with Crippen LogP contribution in [0.4, 0.5) is 30.6 Å². The largest absolute Gasteiger partial charge is 0.421 e. The molecule has 2 atom stereocenters. The van der Waals surface area contributed by atoms with Crippen molar-refractivity contribution in [2.75, 3.05) is 37.8 Å². The number of aromatic nitrogens is 2. The average Bonchev–Trinajstić information content (AvgIpc) is 2.90. The van der Waals surface area contributed by atoms with E-state index in [9.17, 15) is 18.0 Å². The Morgan fingerprint density at radius 2 is 1.66 bits per heavy atom. The summed E-state index contributed by atoms with van der Waals surface area (Å²) >= 11 is 0. The van der Waals surface area contributed by atoms with Crippen LogP contribution in [0.25, 0.3) is 0 Å². The van der Waals surface area contributed by atoms with Gasteiger partial charge in [0.1, 0.15) is 11.4 Å². The fourth-order valence-corrected chi connectivity index (χ4v) is 6.50. The van der Waals surface area contributed by atoms with Crippen molar-refractivity contribution in [2.24, 2.45) is 17.8 Å². The molecule has 2 heterocycles. The van der Waals surface area contributed by atoms with Gasteiger partial charge in [-0.15, -0.1) is 0 Å². The number of likely N-dealkylation sites (tertiary alicyclic amines) is 1. The zero-order valence-corrected chi connectivity index (χ0v) is 22.3. The number of anilines is 3. The van der Waals surface area contributed by atoms with Crippen LogP contribution in [0.1, 0.15) is 61.4 Å². The topological polar surface area (TPSA) is 73.4 Å². The number of piperidine rings is 1. The molecular formula is C28H37F3N6O. The minimum Gasteiger partial charge on any atom is -0.366 e. The van der Waals surface area contributed by atoms with Crippen molar-refractivity contribution in [1.82, 2.24) is 19.8 Å². The Morgan fingerprint density at radius 3 is 2.26 bits per heavy atom. The van der Waals surface area contributed by atoms with E-state index in [-0.39, 0.29) is 29.8 Å². The Hall–Kier alpha value is -2.88. The number of nitrogens with one attached hydrogen (secondary N) is 2. The molecule has 206 valence electrons. The lowest BCUT2D eigenvalue weighted by molar-refractivity contribution is -0.137. The van der Waals surface area contributed by atoms with E-state index in [0.29, 0.717) is 29.0 Å². The molecule has 1 amide bonds. The number of nitrogens with zero attached hydrogens (tertiary/aromatic N) is 4. The molecule has 2 N–H and O–H groups in total. The highest BCUT2D eigenvalue weighted by Gasteiger charge is 2.43. The molecule has 1 aromatic heterocycles. The van der Waals surface area contributed by atoms with Gasteiger partial charge >= 0.3 is 6.18 Å². The van der Waals surface area contributed by atoms with Crippen molar-refractivity contribution >= 4 is 23.4 Å². The second-order valence-corrected chi connectivity index (χ2v) is 11.3. The van der Waals surface area contributed by atoms with Crippen LogP contribution >= 0.6 is 0 Å². The molecule has 4 aliphatic rings. The lowest BCUT2D eigenvalue weighted by Gasteiger charge is -2.48. The first kappa shape index (κ1) is 26.7. The number of hydrogen-bond donors (Lipinski definition) is 2. The number of halogens is 3. The number of benzene rings is 1. The van der Waals surface area contributed by atoms with Crippen LogP contribution in [0.2, 0.25) is 0 Å². The predicted octanol–water partition coefficient (Wildman–Crippen LogP) is 5.64. The first-order valence-electron chi connectivity index (χ1n) is 13.6. The van der Waals surface area contributed by atoms with Crippen LogP contribution in [0, 0.1) is 17.8 Å². The van der Waals surface area contributed by atoms with Gasteiger partial charge in [0.05, 0.1) is 0 Å². The van der Waals surface area contributed by atoms with Crippen LogP contribution in [0.3, 0.4) is 0 Å². The van der Waals surface area contributed by atoms with E-state index in [1.54, 1.807) is 24.3 Å². The smallest absolute Gasteiger partial charge is 0.366 e. The van der Waals surface area contributed by atoms with Crippen LogP contribution in [-0.2, 0) is 6.18 Å². The first-order chi connectivity index (χ1) is 18.1.